The van der Waals surface area contributed by atoms with Gasteiger partial charge in [-0.15, -0.1) is 0 Å². The number of hydroxylamine groups is 1. The molecule has 0 radical (unpaired) electrons. The van der Waals surface area contributed by atoms with Crippen molar-refractivity contribution in [1.82, 2.24) is 20.8 Å². The van der Waals surface area contributed by atoms with E-state index in [1.807, 2.05) is 0 Å². The zero-order chi connectivity index (χ0) is 17.4. The van der Waals surface area contributed by atoms with Crippen molar-refractivity contribution in [3.05, 3.63) is 24.2 Å². The van der Waals surface area contributed by atoms with Gasteiger partial charge in [0, 0.05) is 12.6 Å². The van der Waals surface area contributed by atoms with Crippen molar-refractivity contribution >= 4 is 23.7 Å². The molecule has 1 aliphatic carbocycles. The molecular weight excluding hydrogens is 310 g/mol. The van der Waals surface area contributed by atoms with Crippen LogP contribution < -0.4 is 16.1 Å². The first kappa shape index (κ1) is 17.9. The van der Waals surface area contributed by atoms with Crippen molar-refractivity contribution < 1.29 is 14.8 Å². The van der Waals surface area contributed by atoms with Crippen LogP contribution in [0.5, 0.6) is 0 Å². The Balaban J connectivity index is 1.80. The Morgan fingerprint density at radius 3 is 2.71 bits per heavy atom. The van der Waals surface area contributed by atoms with Gasteiger partial charge in [0.15, 0.2) is 0 Å². The number of carbonyl (C=O) groups is 2. The molecule has 2 amide bonds. The van der Waals surface area contributed by atoms with Crippen LogP contribution in [0.2, 0.25) is 0 Å². The van der Waals surface area contributed by atoms with E-state index in [4.69, 9.17) is 5.21 Å². The number of carbonyl (C=O) groups excluding carboxylic acids is 2. The number of hydrogen-bond acceptors (Lipinski definition) is 6. The smallest absolute Gasteiger partial charge is 0.267 e. The fourth-order valence-corrected chi connectivity index (χ4v) is 2.60. The summed E-state index contributed by atoms with van der Waals surface area (Å²) in [5.41, 5.74) is 1.95. The van der Waals surface area contributed by atoms with Gasteiger partial charge < -0.3 is 10.6 Å². The number of anilines is 1. The quantitative estimate of drug-likeness (QED) is 0.337. The Morgan fingerprint density at radius 2 is 2.08 bits per heavy atom. The van der Waals surface area contributed by atoms with Gasteiger partial charge in [-0.3, -0.25) is 19.8 Å². The molecule has 0 aromatic carbocycles. The Kier molecular flexibility index (Phi) is 6.68. The van der Waals surface area contributed by atoms with Crippen LogP contribution in [-0.4, -0.2) is 39.6 Å². The maximum absolute atomic E-state index is 12.1. The minimum atomic E-state index is -0.647. The first-order chi connectivity index (χ1) is 11.6. The fourth-order valence-electron chi connectivity index (χ4n) is 2.60. The van der Waals surface area contributed by atoms with E-state index in [0.717, 1.165) is 12.6 Å². The van der Waals surface area contributed by atoms with Crippen molar-refractivity contribution in [2.24, 2.45) is 5.92 Å². The second-order valence-corrected chi connectivity index (χ2v) is 5.90. The number of hydrogen-bond donors (Lipinski definition) is 4. The highest BCUT2D eigenvalue weighted by atomic mass is 16.5. The van der Waals surface area contributed by atoms with Gasteiger partial charge in [0.2, 0.25) is 5.91 Å². The maximum Gasteiger partial charge on any atom is 0.267 e. The summed E-state index contributed by atoms with van der Waals surface area (Å²) in [6.07, 6.45) is 10.4. The lowest BCUT2D eigenvalue weighted by Gasteiger charge is -2.16. The molecule has 0 spiro atoms. The average Bonchev–Trinajstić information content (AvgIpc) is 3.12. The Morgan fingerprint density at radius 1 is 1.33 bits per heavy atom. The number of aromatic nitrogens is 2. The SMILES string of the molecule is C[C@@H](Nc1cnc(C=CC(=O)NO)cn1)C(=O)NCC1CCCC1. The van der Waals surface area contributed by atoms with E-state index in [2.05, 4.69) is 20.6 Å². The molecule has 24 heavy (non-hydrogen) atoms. The molecule has 1 fully saturated rings. The van der Waals surface area contributed by atoms with Crippen LogP contribution in [-0.2, 0) is 9.59 Å². The second kappa shape index (κ2) is 8.97. The van der Waals surface area contributed by atoms with Crippen LogP contribution >= 0.6 is 0 Å². The van der Waals surface area contributed by atoms with E-state index in [1.54, 1.807) is 6.92 Å². The van der Waals surface area contributed by atoms with Crippen LogP contribution in [0, 0.1) is 5.92 Å². The molecule has 0 saturated heterocycles. The minimum Gasteiger partial charge on any atom is -0.357 e. The van der Waals surface area contributed by atoms with Gasteiger partial charge in [-0.25, -0.2) is 10.5 Å². The first-order valence-electron chi connectivity index (χ1n) is 8.07. The van der Waals surface area contributed by atoms with E-state index < -0.39 is 11.9 Å². The summed E-state index contributed by atoms with van der Waals surface area (Å²) in [6, 6.07) is -0.415. The summed E-state index contributed by atoms with van der Waals surface area (Å²) >= 11 is 0. The predicted molar refractivity (Wildman–Crippen MR) is 89.0 cm³/mol. The monoisotopic (exact) mass is 333 g/mol. The Hall–Kier alpha value is -2.48. The molecule has 8 heteroatoms. The normalized spacial score (nSPS) is 16.1. The van der Waals surface area contributed by atoms with Crippen LogP contribution in [0.1, 0.15) is 38.3 Å². The summed E-state index contributed by atoms with van der Waals surface area (Å²) in [7, 11) is 0. The van der Waals surface area contributed by atoms with Gasteiger partial charge in [-0.1, -0.05) is 12.8 Å². The predicted octanol–water partition coefficient (Wildman–Crippen LogP) is 1.10. The van der Waals surface area contributed by atoms with Crippen molar-refractivity contribution in [1.29, 1.82) is 0 Å². The molecule has 0 bridgehead atoms. The molecule has 4 N–H and O–H groups in total. The van der Waals surface area contributed by atoms with Gasteiger partial charge in [0.25, 0.3) is 5.91 Å². The highest BCUT2D eigenvalue weighted by Gasteiger charge is 2.18. The number of nitrogens with zero attached hydrogens (tertiary/aromatic N) is 2. The summed E-state index contributed by atoms with van der Waals surface area (Å²) < 4.78 is 0. The van der Waals surface area contributed by atoms with E-state index in [9.17, 15) is 9.59 Å². The summed E-state index contributed by atoms with van der Waals surface area (Å²) in [6.45, 7) is 2.50. The molecular formula is C16H23N5O3. The Labute approximate surface area is 140 Å². The van der Waals surface area contributed by atoms with E-state index in [1.165, 1.54) is 49.6 Å². The fraction of sp³-hybridized carbons (Fsp3) is 0.500. The molecule has 0 aliphatic heterocycles. The molecule has 2 rings (SSSR count). The van der Waals surface area contributed by atoms with E-state index in [-0.39, 0.29) is 5.91 Å². The van der Waals surface area contributed by atoms with Crippen LogP contribution in [0.4, 0.5) is 5.82 Å². The second-order valence-electron chi connectivity index (χ2n) is 5.90. The zero-order valence-corrected chi connectivity index (χ0v) is 13.7. The summed E-state index contributed by atoms with van der Waals surface area (Å²) in [5.74, 6) is 0.365. The van der Waals surface area contributed by atoms with Crippen molar-refractivity contribution in [2.45, 2.75) is 38.6 Å². The third-order valence-electron chi connectivity index (χ3n) is 3.98. The number of amides is 2. The molecule has 1 atom stereocenters. The van der Waals surface area contributed by atoms with Gasteiger partial charge in [0.05, 0.1) is 18.1 Å². The van der Waals surface area contributed by atoms with Gasteiger partial charge >= 0.3 is 0 Å². The highest BCUT2D eigenvalue weighted by Crippen LogP contribution is 2.23. The largest absolute Gasteiger partial charge is 0.357 e. The molecule has 1 aromatic rings. The molecule has 1 heterocycles. The van der Waals surface area contributed by atoms with Crippen LogP contribution in [0.25, 0.3) is 6.08 Å². The molecule has 1 aliphatic rings. The van der Waals surface area contributed by atoms with E-state index >= 15 is 0 Å². The molecule has 1 saturated carbocycles. The Bertz CT molecular complexity index is 582. The highest BCUT2D eigenvalue weighted by molar-refractivity contribution is 5.90. The van der Waals surface area contributed by atoms with Gasteiger partial charge in [0.1, 0.15) is 11.9 Å². The van der Waals surface area contributed by atoms with Crippen molar-refractivity contribution in [3.8, 4) is 0 Å². The lowest BCUT2D eigenvalue weighted by molar-refractivity contribution is -0.124. The van der Waals surface area contributed by atoms with E-state index in [0.29, 0.717) is 17.4 Å². The molecule has 1 aromatic heterocycles. The summed E-state index contributed by atoms with van der Waals surface area (Å²) in [4.78, 5) is 31.2. The molecule has 0 unspecified atom stereocenters. The van der Waals surface area contributed by atoms with Crippen LogP contribution in [0.3, 0.4) is 0 Å². The number of rotatable bonds is 7. The first-order valence-corrected chi connectivity index (χ1v) is 8.07. The van der Waals surface area contributed by atoms with Gasteiger partial charge in [-0.2, -0.15) is 0 Å². The lowest BCUT2D eigenvalue weighted by Crippen LogP contribution is -2.39. The topological polar surface area (TPSA) is 116 Å². The number of nitrogens with one attached hydrogen (secondary N) is 3. The summed E-state index contributed by atoms with van der Waals surface area (Å²) in [5, 5.41) is 14.3. The van der Waals surface area contributed by atoms with Crippen LogP contribution in [0.15, 0.2) is 18.5 Å². The van der Waals surface area contributed by atoms with Crippen molar-refractivity contribution in [3.63, 3.8) is 0 Å². The van der Waals surface area contributed by atoms with Gasteiger partial charge in [-0.05, 0) is 31.8 Å². The van der Waals surface area contributed by atoms with Crippen molar-refractivity contribution in [2.75, 3.05) is 11.9 Å². The average molecular weight is 333 g/mol. The molecule has 8 nitrogen and oxygen atoms in total. The standard InChI is InChI=1S/C16H23N5O3/c1-11(16(23)19-8-12-4-2-3-5-12)20-14-10-17-13(9-18-14)6-7-15(22)21-24/h6-7,9-12,24H,2-5,8H2,1H3,(H,18,20)(H,19,23)(H,21,22)/t11-/m1/s1. The molecule has 130 valence electrons. The zero-order valence-electron chi connectivity index (χ0n) is 13.7. The third-order valence-corrected chi connectivity index (χ3v) is 3.98. The maximum atomic E-state index is 12.1. The lowest BCUT2D eigenvalue weighted by atomic mass is 10.1. The minimum absolute atomic E-state index is 0.0627. The third kappa shape index (κ3) is 5.62.